The predicted octanol–water partition coefficient (Wildman–Crippen LogP) is 2.65. The minimum Gasteiger partial charge on any atom is -0.356 e. The summed E-state index contributed by atoms with van der Waals surface area (Å²) in [6, 6.07) is 5.52. The molecule has 4 nitrogen and oxygen atoms in total. The summed E-state index contributed by atoms with van der Waals surface area (Å²) in [6.07, 6.45) is 0.297. The highest BCUT2D eigenvalue weighted by atomic mass is 79.9. The zero-order valence-electron chi connectivity index (χ0n) is 12.1. The van der Waals surface area contributed by atoms with Crippen LogP contribution in [-0.4, -0.2) is 24.9 Å². The third-order valence-corrected chi connectivity index (χ3v) is 3.11. The van der Waals surface area contributed by atoms with Gasteiger partial charge in [-0.2, -0.15) is 0 Å². The summed E-state index contributed by atoms with van der Waals surface area (Å²) >= 11 is 3.36. The number of carbonyl (C=O) groups is 2. The molecule has 0 aromatic heterocycles. The van der Waals surface area contributed by atoms with E-state index in [1.165, 1.54) is 0 Å². The second-order valence-corrected chi connectivity index (χ2v) is 6.14. The van der Waals surface area contributed by atoms with E-state index in [1.807, 2.05) is 32.9 Å². The summed E-state index contributed by atoms with van der Waals surface area (Å²) in [5, 5.41) is 5.57. The molecule has 0 unspecified atom stereocenters. The van der Waals surface area contributed by atoms with E-state index in [-0.39, 0.29) is 11.8 Å². The number of aryl methyl sites for hydroxylation is 1. The molecule has 2 N–H and O–H groups in total. The fraction of sp³-hybridized carbons (Fsp3) is 0.467. The number of halogens is 1. The van der Waals surface area contributed by atoms with Gasteiger partial charge in [-0.25, -0.2) is 0 Å². The van der Waals surface area contributed by atoms with Crippen molar-refractivity contribution in [2.45, 2.75) is 27.2 Å². The van der Waals surface area contributed by atoms with Crippen molar-refractivity contribution in [2.24, 2.45) is 5.92 Å². The Bertz CT molecular complexity index is 467. The highest BCUT2D eigenvalue weighted by molar-refractivity contribution is 9.10. The van der Waals surface area contributed by atoms with Crippen LogP contribution in [-0.2, 0) is 4.79 Å². The Kier molecular flexibility index (Phi) is 6.71. The average molecular weight is 341 g/mol. The summed E-state index contributed by atoms with van der Waals surface area (Å²) in [7, 11) is 0. The lowest BCUT2D eigenvalue weighted by atomic mass is 10.1. The van der Waals surface area contributed by atoms with Crippen LogP contribution < -0.4 is 10.6 Å². The first-order valence-corrected chi connectivity index (χ1v) is 7.50. The maximum Gasteiger partial charge on any atom is 0.251 e. The molecule has 110 valence electrons. The van der Waals surface area contributed by atoms with E-state index in [0.29, 0.717) is 31.0 Å². The van der Waals surface area contributed by atoms with Crippen LogP contribution in [0.25, 0.3) is 0 Å². The fourth-order valence-electron chi connectivity index (χ4n) is 1.67. The smallest absolute Gasteiger partial charge is 0.251 e. The Balaban J connectivity index is 2.38. The molecular formula is C15H21BrN2O2. The normalized spacial score (nSPS) is 10.4. The Morgan fingerprint density at radius 3 is 2.50 bits per heavy atom. The Morgan fingerprint density at radius 1 is 1.20 bits per heavy atom. The number of benzene rings is 1. The monoisotopic (exact) mass is 340 g/mol. The number of hydrogen-bond donors (Lipinski definition) is 2. The molecule has 0 saturated carbocycles. The van der Waals surface area contributed by atoms with Crippen molar-refractivity contribution in [1.82, 2.24) is 10.6 Å². The van der Waals surface area contributed by atoms with Crippen molar-refractivity contribution >= 4 is 27.7 Å². The number of amides is 2. The lowest BCUT2D eigenvalue weighted by Crippen LogP contribution is -2.32. The van der Waals surface area contributed by atoms with Gasteiger partial charge in [-0.1, -0.05) is 29.8 Å². The fourth-order valence-corrected chi connectivity index (χ4v) is 2.27. The molecule has 0 aliphatic heterocycles. The van der Waals surface area contributed by atoms with Gasteiger partial charge in [0, 0.05) is 29.5 Å². The highest BCUT2D eigenvalue weighted by Gasteiger charge is 2.08. The minimum atomic E-state index is -0.161. The average Bonchev–Trinajstić information content (AvgIpc) is 2.35. The molecule has 5 heteroatoms. The van der Waals surface area contributed by atoms with Crippen LogP contribution in [0.3, 0.4) is 0 Å². The molecule has 0 fully saturated rings. The summed E-state index contributed by atoms with van der Waals surface area (Å²) in [5.74, 6) is 0.230. The van der Waals surface area contributed by atoms with Crippen LogP contribution in [0.15, 0.2) is 22.7 Å². The molecule has 0 atom stereocenters. The second kappa shape index (κ2) is 8.04. The van der Waals surface area contributed by atoms with Gasteiger partial charge in [0.1, 0.15) is 0 Å². The summed E-state index contributed by atoms with van der Waals surface area (Å²) in [5.41, 5.74) is 1.61. The third kappa shape index (κ3) is 6.19. The molecule has 0 heterocycles. The standard InChI is InChI=1S/C15H21BrN2O2/c1-10(2)9-18-14(19)4-5-17-15(20)12-6-11(3)7-13(16)8-12/h6-8,10H,4-5,9H2,1-3H3,(H,17,20)(H,18,19). The lowest BCUT2D eigenvalue weighted by molar-refractivity contribution is -0.121. The molecule has 0 bridgehead atoms. The molecule has 20 heavy (non-hydrogen) atoms. The lowest BCUT2D eigenvalue weighted by Gasteiger charge is -2.09. The van der Waals surface area contributed by atoms with Crippen LogP contribution >= 0.6 is 15.9 Å². The summed E-state index contributed by atoms with van der Waals surface area (Å²) in [4.78, 5) is 23.4. The van der Waals surface area contributed by atoms with Crippen LogP contribution in [0, 0.1) is 12.8 Å². The van der Waals surface area contributed by atoms with Crippen molar-refractivity contribution in [3.8, 4) is 0 Å². The van der Waals surface area contributed by atoms with E-state index in [4.69, 9.17) is 0 Å². The van der Waals surface area contributed by atoms with Gasteiger partial charge in [0.05, 0.1) is 0 Å². The quantitative estimate of drug-likeness (QED) is 0.836. The largest absolute Gasteiger partial charge is 0.356 e. The maximum absolute atomic E-state index is 11.9. The highest BCUT2D eigenvalue weighted by Crippen LogP contribution is 2.15. The zero-order valence-corrected chi connectivity index (χ0v) is 13.7. The third-order valence-electron chi connectivity index (χ3n) is 2.65. The molecule has 1 aromatic rings. The second-order valence-electron chi connectivity index (χ2n) is 5.22. The molecule has 1 aromatic carbocycles. The first kappa shape index (κ1) is 16.7. The Labute approximate surface area is 128 Å². The minimum absolute atomic E-state index is 0.0376. The van der Waals surface area contributed by atoms with E-state index in [9.17, 15) is 9.59 Å². The Morgan fingerprint density at radius 2 is 1.90 bits per heavy atom. The molecule has 0 spiro atoms. The van der Waals surface area contributed by atoms with E-state index in [1.54, 1.807) is 6.07 Å². The molecule has 0 aliphatic carbocycles. The maximum atomic E-state index is 11.9. The van der Waals surface area contributed by atoms with Crippen LogP contribution in [0.2, 0.25) is 0 Å². The van der Waals surface area contributed by atoms with Crippen LogP contribution in [0.1, 0.15) is 36.2 Å². The van der Waals surface area contributed by atoms with Crippen molar-refractivity contribution in [2.75, 3.05) is 13.1 Å². The number of nitrogens with one attached hydrogen (secondary N) is 2. The van der Waals surface area contributed by atoms with E-state index in [0.717, 1.165) is 10.0 Å². The molecule has 0 aliphatic rings. The van der Waals surface area contributed by atoms with E-state index < -0.39 is 0 Å². The number of carbonyl (C=O) groups excluding carboxylic acids is 2. The first-order chi connectivity index (χ1) is 9.38. The van der Waals surface area contributed by atoms with Crippen molar-refractivity contribution in [3.05, 3.63) is 33.8 Å². The van der Waals surface area contributed by atoms with E-state index in [2.05, 4.69) is 26.6 Å². The predicted molar refractivity (Wildman–Crippen MR) is 83.7 cm³/mol. The summed E-state index contributed by atoms with van der Waals surface area (Å²) < 4.78 is 0.873. The van der Waals surface area contributed by atoms with Crippen molar-refractivity contribution in [3.63, 3.8) is 0 Å². The van der Waals surface area contributed by atoms with Crippen molar-refractivity contribution in [1.29, 1.82) is 0 Å². The van der Waals surface area contributed by atoms with E-state index >= 15 is 0 Å². The molecular weight excluding hydrogens is 320 g/mol. The van der Waals surface area contributed by atoms with Crippen LogP contribution in [0.4, 0.5) is 0 Å². The van der Waals surface area contributed by atoms with Gasteiger partial charge < -0.3 is 10.6 Å². The molecule has 0 saturated heterocycles. The molecule has 0 radical (unpaired) electrons. The summed E-state index contributed by atoms with van der Waals surface area (Å²) in [6.45, 7) is 7.02. The van der Waals surface area contributed by atoms with Gasteiger partial charge >= 0.3 is 0 Å². The SMILES string of the molecule is Cc1cc(Br)cc(C(=O)NCCC(=O)NCC(C)C)c1. The molecule has 1 rings (SSSR count). The first-order valence-electron chi connectivity index (χ1n) is 6.70. The number of rotatable bonds is 6. The van der Waals surface area contributed by atoms with Gasteiger partial charge in [-0.05, 0) is 36.6 Å². The number of hydrogen-bond acceptors (Lipinski definition) is 2. The zero-order chi connectivity index (χ0) is 15.1. The topological polar surface area (TPSA) is 58.2 Å². The van der Waals surface area contributed by atoms with Gasteiger partial charge in [0.15, 0.2) is 0 Å². The Hall–Kier alpha value is -1.36. The van der Waals surface area contributed by atoms with Gasteiger partial charge in [-0.15, -0.1) is 0 Å². The van der Waals surface area contributed by atoms with Gasteiger partial charge in [0.2, 0.25) is 5.91 Å². The van der Waals surface area contributed by atoms with Gasteiger partial charge in [-0.3, -0.25) is 9.59 Å². The van der Waals surface area contributed by atoms with Crippen molar-refractivity contribution < 1.29 is 9.59 Å². The van der Waals surface area contributed by atoms with Crippen LogP contribution in [0.5, 0.6) is 0 Å². The van der Waals surface area contributed by atoms with Gasteiger partial charge in [0.25, 0.3) is 5.91 Å². The molecule has 2 amide bonds.